The summed E-state index contributed by atoms with van der Waals surface area (Å²) in [5, 5.41) is 5.00. The standard InChI is InChI=1S/C20H22ClN3O3S/c21-16-12-18-17(26-8-9-27-18)10-13(16)11-19(25)24-14-2-4-15(5-3-14)28-20-22-6-1-7-23-20/h1,6-7,10,12,14-15H,2-5,8-9,11H2,(H,24,25). The Labute approximate surface area is 173 Å². The summed E-state index contributed by atoms with van der Waals surface area (Å²) in [4.78, 5) is 21.1. The Morgan fingerprint density at radius 1 is 1.11 bits per heavy atom. The first-order chi connectivity index (χ1) is 13.7. The van der Waals surface area contributed by atoms with Crippen LogP contribution >= 0.6 is 23.4 Å². The van der Waals surface area contributed by atoms with Crippen molar-refractivity contribution in [2.75, 3.05) is 13.2 Å². The number of fused-ring (bicyclic) bond motifs is 1. The number of rotatable bonds is 5. The van der Waals surface area contributed by atoms with Gasteiger partial charge in [0, 0.05) is 34.8 Å². The van der Waals surface area contributed by atoms with Gasteiger partial charge in [-0.05, 0) is 43.4 Å². The van der Waals surface area contributed by atoms with E-state index in [0.717, 1.165) is 36.4 Å². The van der Waals surface area contributed by atoms with Crippen molar-refractivity contribution in [1.29, 1.82) is 0 Å². The normalized spacial score (nSPS) is 21.2. The number of nitrogens with zero attached hydrogens (tertiary/aromatic N) is 2. The van der Waals surface area contributed by atoms with Gasteiger partial charge in [0.2, 0.25) is 5.91 Å². The predicted octanol–water partition coefficient (Wildman–Crippen LogP) is 3.66. The van der Waals surface area contributed by atoms with E-state index in [1.54, 1.807) is 30.2 Å². The molecule has 0 saturated heterocycles. The van der Waals surface area contributed by atoms with E-state index < -0.39 is 0 Å². The molecule has 2 aromatic rings. The highest BCUT2D eigenvalue weighted by Gasteiger charge is 2.24. The number of thioether (sulfide) groups is 1. The monoisotopic (exact) mass is 419 g/mol. The van der Waals surface area contributed by atoms with Crippen molar-refractivity contribution in [1.82, 2.24) is 15.3 Å². The van der Waals surface area contributed by atoms with Gasteiger partial charge in [-0.15, -0.1) is 0 Å². The third-order valence-electron chi connectivity index (χ3n) is 4.92. The predicted molar refractivity (Wildman–Crippen MR) is 108 cm³/mol. The number of amides is 1. The van der Waals surface area contributed by atoms with E-state index in [1.165, 1.54) is 0 Å². The van der Waals surface area contributed by atoms with Gasteiger partial charge in [0.15, 0.2) is 16.7 Å². The number of carbonyl (C=O) groups excluding carboxylic acids is 1. The minimum Gasteiger partial charge on any atom is -0.486 e. The summed E-state index contributed by atoms with van der Waals surface area (Å²) in [6, 6.07) is 5.57. The van der Waals surface area contributed by atoms with Gasteiger partial charge in [-0.1, -0.05) is 23.4 Å². The second kappa shape index (κ2) is 9.01. The number of nitrogens with one attached hydrogen (secondary N) is 1. The molecule has 0 spiro atoms. The highest BCUT2D eigenvalue weighted by molar-refractivity contribution is 7.99. The number of benzene rings is 1. The number of ether oxygens (including phenoxy) is 2. The quantitative estimate of drug-likeness (QED) is 0.745. The molecule has 0 bridgehead atoms. The Kier molecular flexibility index (Phi) is 6.22. The maximum atomic E-state index is 12.5. The first-order valence-electron chi connectivity index (χ1n) is 9.48. The summed E-state index contributed by atoms with van der Waals surface area (Å²) < 4.78 is 11.1. The van der Waals surface area contributed by atoms with Gasteiger partial charge < -0.3 is 14.8 Å². The lowest BCUT2D eigenvalue weighted by atomic mass is 9.94. The zero-order valence-corrected chi connectivity index (χ0v) is 17.0. The summed E-state index contributed by atoms with van der Waals surface area (Å²) in [5.74, 6) is 1.28. The van der Waals surface area contributed by atoms with E-state index >= 15 is 0 Å². The third-order valence-corrected chi connectivity index (χ3v) is 6.49. The molecule has 1 aromatic heterocycles. The van der Waals surface area contributed by atoms with Crippen LogP contribution in [-0.4, -0.2) is 40.4 Å². The summed E-state index contributed by atoms with van der Waals surface area (Å²) >= 11 is 8.04. The summed E-state index contributed by atoms with van der Waals surface area (Å²) in [6.45, 7) is 1.02. The van der Waals surface area contributed by atoms with E-state index in [2.05, 4.69) is 15.3 Å². The van der Waals surface area contributed by atoms with Crippen molar-refractivity contribution < 1.29 is 14.3 Å². The Bertz CT molecular complexity index is 829. The molecule has 28 heavy (non-hydrogen) atoms. The largest absolute Gasteiger partial charge is 0.486 e. The van der Waals surface area contributed by atoms with Crippen molar-refractivity contribution >= 4 is 29.3 Å². The molecule has 1 fully saturated rings. The summed E-state index contributed by atoms with van der Waals surface area (Å²) in [6.07, 6.45) is 7.78. The van der Waals surface area contributed by atoms with Crippen LogP contribution in [-0.2, 0) is 11.2 Å². The first-order valence-corrected chi connectivity index (χ1v) is 10.7. The Hall–Kier alpha value is -1.99. The van der Waals surface area contributed by atoms with Crippen molar-refractivity contribution in [2.24, 2.45) is 0 Å². The number of carbonyl (C=O) groups is 1. The molecule has 4 rings (SSSR count). The maximum Gasteiger partial charge on any atom is 0.224 e. The zero-order chi connectivity index (χ0) is 19.3. The van der Waals surface area contributed by atoms with Crippen molar-refractivity contribution in [3.63, 3.8) is 0 Å². The van der Waals surface area contributed by atoms with Crippen molar-refractivity contribution in [2.45, 2.75) is 48.6 Å². The highest BCUT2D eigenvalue weighted by atomic mass is 35.5. The lowest BCUT2D eigenvalue weighted by molar-refractivity contribution is -0.121. The number of hydrogen-bond acceptors (Lipinski definition) is 6. The second-order valence-electron chi connectivity index (χ2n) is 6.95. The highest BCUT2D eigenvalue weighted by Crippen LogP contribution is 2.36. The molecule has 1 aromatic carbocycles. The molecular formula is C20H22ClN3O3S. The fourth-order valence-corrected chi connectivity index (χ4v) is 4.78. The lowest BCUT2D eigenvalue weighted by Gasteiger charge is -2.28. The van der Waals surface area contributed by atoms with Gasteiger partial charge in [0.1, 0.15) is 13.2 Å². The van der Waals surface area contributed by atoms with Gasteiger partial charge in [-0.3, -0.25) is 4.79 Å². The van der Waals surface area contributed by atoms with E-state index in [4.69, 9.17) is 21.1 Å². The van der Waals surface area contributed by atoms with Gasteiger partial charge in [-0.2, -0.15) is 0 Å². The molecule has 8 heteroatoms. The molecule has 2 heterocycles. The zero-order valence-electron chi connectivity index (χ0n) is 15.4. The van der Waals surface area contributed by atoms with E-state index in [0.29, 0.717) is 35.0 Å². The van der Waals surface area contributed by atoms with Gasteiger partial charge in [0.25, 0.3) is 0 Å². The van der Waals surface area contributed by atoms with Crippen molar-refractivity contribution in [3.8, 4) is 11.5 Å². The molecule has 0 atom stereocenters. The number of hydrogen-bond donors (Lipinski definition) is 1. The van der Waals surface area contributed by atoms with Gasteiger partial charge >= 0.3 is 0 Å². The second-order valence-corrected chi connectivity index (χ2v) is 8.63. The van der Waals surface area contributed by atoms with E-state index in [1.807, 2.05) is 12.1 Å². The van der Waals surface area contributed by atoms with Crippen LogP contribution in [0.3, 0.4) is 0 Å². The fourth-order valence-electron chi connectivity index (χ4n) is 3.51. The molecule has 1 aliphatic carbocycles. The average Bonchev–Trinajstić information content (AvgIpc) is 2.71. The number of halogens is 1. The van der Waals surface area contributed by atoms with E-state index in [9.17, 15) is 4.79 Å². The smallest absolute Gasteiger partial charge is 0.224 e. The number of aromatic nitrogens is 2. The minimum absolute atomic E-state index is 0.0129. The molecule has 1 N–H and O–H groups in total. The summed E-state index contributed by atoms with van der Waals surface area (Å²) in [7, 11) is 0. The lowest BCUT2D eigenvalue weighted by Crippen LogP contribution is -2.39. The fraction of sp³-hybridized carbons (Fsp3) is 0.450. The van der Waals surface area contributed by atoms with Crippen LogP contribution in [0.25, 0.3) is 0 Å². The first kappa shape index (κ1) is 19.3. The SMILES string of the molecule is O=C(Cc1cc2c(cc1Cl)OCCO2)NC1CCC(Sc2ncccn2)CC1. The topological polar surface area (TPSA) is 73.3 Å². The molecule has 2 aliphatic rings. The minimum atomic E-state index is -0.0129. The van der Waals surface area contributed by atoms with Crippen LogP contribution in [0.15, 0.2) is 35.7 Å². The van der Waals surface area contributed by atoms with E-state index in [-0.39, 0.29) is 18.4 Å². The Morgan fingerprint density at radius 3 is 2.50 bits per heavy atom. The molecule has 148 valence electrons. The van der Waals surface area contributed by atoms with Crippen LogP contribution in [0.4, 0.5) is 0 Å². The molecule has 1 saturated carbocycles. The van der Waals surface area contributed by atoms with Gasteiger partial charge in [0.05, 0.1) is 6.42 Å². The molecule has 6 nitrogen and oxygen atoms in total. The third kappa shape index (κ3) is 4.89. The van der Waals surface area contributed by atoms with Crippen LogP contribution in [0, 0.1) is 0 Å². The van der Waals surface area contributed by atoms with Crippen LogP contribution in [0.5, 0.6) is 11.5 Å². The molecular weight excluding hydrogens is 398 g/mol. The van der Waals surface area contributed by atoms with Crippen LogP contribution in [0.1, 0.15) is 31.2 Å². The van der Waals surface area contributed by atoms with Gasteiger partial charge in [-0.25, -0.2) is 9.97 Å². The molecule has 1 aliphatic heterocycles. The average molecular weight is 420 g/mol. The molecule has 0 radical (unpaired) electrons. The van der Waals surface area contributed by atoms with Crippen LogP contribution in [0.2, 0.25) is 5.02 Å². The van der Waals surface area contributed by atoms with Crippen LogP contribution < -0.4 is 14.8 Å². The van der Waals surface area contributed by atoms with Crippen molar-refractivity contribution in [3.05, 3.63) is 41.2 Å². The molecule has 1 amide bonds. The summed E-state index contributed by atoms with van der Waals surface area (Å²) in [5.41, 5.74) is 0.758. The Morgan fingerprint density at radius 2 is 1.79 bits per heavy atom. The maximum absolute atomic E-state index is 12.5. The Balaban J connectivity index is 1.27. The molecule has 0 unspecified atom stereocenters.